The Morgan fingerprint density at radius 2 is 2.05 bits per heavy atom. The maximum atomic E-state index is 13.4. The molecular formula is C15H19ClFNO2. The molecule has 0 aliphatic carbocycles. The molecule has 2 rings (SSSR count). The van der Waals surface area contributed by atoms with Crippen LogP contribution in [0.4, 0.5) is 4.39 Å². The number of ketones is 1. The summed E-state index contributed by atoms with van der Waals surface area (Å²) in [5, 5.41) is 0.0404. The van der Waals surface area contributed by atoms with Crippen molar-refractivity contribution in [3.8, 4) is 0 Å². The lowest BCUT2D eigenvalue weighted by Crippen LogP contribution is -2.54. The number of halogens is 2. The van der Waals surface area contributed by atoms with Crippen LogP contribution in [0.25, 0.3) is 0 Å². The molecule has 0 bridgehead atoms. The zero-order chi connectivity index (χ0) is 14.8. The van der Waals surface area contributed by atoms with Gasteiger partial charge in [0.05, 0.1) is 23.8 Å². The molecule has 1 heterocycles. The predicted octanol–water partition coefficient (Wildman–Crippen LogP) is 2.70. The fourth-order valence-corrected chi connectivity index (χ4v) is 2.57. The number of rotatable bonds is 4. The van der Waals surface area contributed by atoms with Crippen molar-refractivity contribution in [2.24, 2.45) is 0 Å². The number of benzene rings is 1. The Morgan fingerprint density at radius 3 is 2.70 bits per heavy atom. The lowest BCUT2D eigenvalue weighted by molar-refractivity contribution is -0.131. The largest absolute Gasteiger partial charge is 0.379 e. The Balaban J connectivity index is 2.12. The quantitative estimate of drug-likeness (QED) is 0.856. The SMILES string of the molecule is CC(C)(C(=O)Cc1cccc(F)c1Cl)N1CCOCC1. The van der Waals surface area contributed by atoms with Gasteiger partial charge < -0.3 is 4.74 Å². The lowest BCUT2D eigenvalue weighted by Gasteiger charge is -2.39. The number of hydrogen-bond donors (Lipinski definition) is 0. The number of carbonyl (C=O) groups is 1. The van der Waals surface area contributed by atoms with Crippen LogP contribution in [0.5, 0.6) is 0 Å². The highest BCUT2D eigenvalue weighted by Gasteiger charge is 2.35. The Labute approximate surface area is 123 Å². The standard InChI is InChI=1S/C15H19ClFNO2/c1-15(2,18-6-8-20-9-7-18)13(19)10-11-4-3-5-12(17)14(11)16/h3-5H,6-10H2,1-2H3. The van der Waals surface area contributed by atoms with Crippen molar-refractivity contribution in [1.29, 1.82) is 0 Å². The molecule has 0 atom stereocenters. The second kappa shape index (κ2) is 6.20. The first-order valence-corrected chi connectivity index (χ1v) is 7.09. The van der Waals surface area contributed by atoms with Gasteiger partial charge in [-0.05, 0) is 25.5 Å². The molecule has 1 aliphatic rings. The maximum absolute atomic E-state index is 13.4. The molecule has 110 valence electrons. The molecule has 1 fully saturated rings. The summed E-state index contributed by atoms with van der Waals surface area (Å²) in [4.78, 5) is 14.6. The van der Waals surface area contributed by atoms with Gasteiger partial charge in [0.2, 0.25) is 0 Å². The van der Waals surface area contributed by atoms with Crippen LogP contribution in [0.1, 0.15) is 19.4 Å². The van der Waals surface area contributed by atoms with Crippen molar-refractivity contribution in [1.82, 2.24) is 4.90 Å². The molecule has 20 heavy (non-hydrogen) atoms. The first-order chi connectivity index (χ1) is 9.43. The van der Waals surface area contributed by atoms with Crippen LogP contribution in [-0.4, -0.2) is 42.5 Å². The van der Waals surface area contributed by atoms with Gasteiger partial charge in [0.15, 0.2) is 5.78 Å². The van der Waals surface area contributed by atoms with E-state index >= 15 is 0 Å². The average molecular weight is 300 g/mol. The summed E-state index contributed by atoms with van der Waals surface area (Å²) in [7, 11) is 0. The number of Topliss-reactive ketones (excluding diaryl/α,β-unsaturated/α-hetero) is 1. The highest BCUT2D eigenvalue weighted by Crippen LogP contribution is 2.24. The molecule has 0 spiro atoms. The summed E-state index contributed by atoms with van der Waals surface area (Å²) < 4.78 is 18.7. The van der Waals surface area contributed by atoms with Crippen LogP contribution in [0.2, 0.25) is 5.02 Å². The fraction of sp³-hybridized carbons (Fsp3) is 0.533. The lowest BCUT2D eigenvalue weighted by atomic mass is 9.91. The maximum Gasteiger partial charge on any atom is 0.156 e. The molecular weight excluding hydrogens is 281 g/mol. The van der Waals surface area contributed by atoms with Crippen LogP contribution < -0.4 is 0 Å². The number of nitrogens with zero attached hydrogens (tertiary/aromatic N) is 1. The monoisotopic (exact) mass is 299 g/mol. The molecule has 0 N–H and O–H groups in total. The van der Waals surface area contributed by atoms with E-state index < -0.39 is 11.4 Å². The zero-order valence-corrected chi connectivity index (χ0v) is 12.5. The van der Waals surface area contributed by atoms with E-state index in [0.717, 1.165) is 13.1 Å². The summed E-state index contributed by atoms with van der Waals surface area (Å²) in [6.07, 6.45) is 0.140. The summed E-state index contributed by atoms with van der Waals surface area (Å²) in [6.45, 7) is 6.53. The first-order valence-electron chi connectivity index (χ1n) is 6.72. The van der Waals surface area contributed by atoms with E-state index in [4.69, 9.17) is 16.3 Å². The van der Waals surface area contributed by atoms with Crippen molar-refractivity contribution in [2.75, 3.05) is 26.3 Å². The molecule has 5 heteroatoms. The Kier molecular flexibility index (Phi) is 4.78. The van der Waals surface area contributed by atoms with Crippen molar-refractivity contribution < 1.29 is 13.9 Å². The molecule has 1 saturated heterocycles. The second-order valence-electron chi connectivity index (χ2n) is 5.47. The van der Waals surface area contributed by atoms with Gasteiger partial charge in [0.25, 0.3) is 0 Å². The number of carbonyl (C=O) groups excluding carboxylic acids is 1. The molecule has 0 unspecified atom stereocenters. The van der Waals surface area contributed by atoms with E-state index in [9.17, 15) is 9.18 Å². The van der Waals surface area contributed by atoms with E-state index in [1.54, 1.807) is 12.1 Å². The van der Waals surface area contributed by atoms with Crippen LogP contribution in [-0.2, 0) is 16.0 Å². The molecule has 1 aliphatic heterocycles. The highest BCUT2D eigenvalue weighted by atomic mass is 35.5. The van der Waals surface area contributed by atoms with Gasteiger partial charge in [0.1, 0.15) is 5.82 Å². The minimum absolute atomic E-state index is 0.0342. The van der Waals surface area contributed by atoms with Gasteiger partial charge in [-0.2, -0.15) is 0 Å². The molecule has 0 aromatic heterocycles. The van der Waals surface area contributed by atoms with Gasteiger partial charge in [0, 0.05) is 19.5 Å². The summed E-state index contributed by atoms with van der Waals surface area (Å²) in [5.74, 6) is -0.451. The van der Waals surface area contributed by atoms with Gasteiger partial charge >= 0.3 is 0 Å². The Bertz CT molecular complexity index is 499. The molecule has 1 aromatic rings. The summed E-state index contributed by atoms with van der Waals surface area (Å²) >= 11 is 5.91. The highest BCUT2D eigenvalue weighted by molar-refractivity contribution is 6.31. The number of hydrogen-bond acceptors (Lipinski definition) is 3. The van der Waals surface area contributed by atoms with Crippen LogP contribution in [0.15, 0.2) is 18.2 Å². The van der Waals surface area contributed by atoms with Gasteiger partial charge in [-0.3, -0.25) is 9.69 Å². The van der Waals surface area contributed by atoms with Crippen molar-refractivity contribution >= 4 is 17.4 Å². The second-order valence-corrected chi connectivity index (χ2v) is 5.85. The van der Waals surface area contributed by atoms with Crippen molar-refractivity contribution in [2.45, 2.75) is 25.8 Å². The molecule has 3 nitrogen and oxygen atoms in total. The smallest absolute Gasteiger partial charge is 0.156 e. The van der Waals surface area contributed by atoms with Gasteiger partial charge in [-0.1, -0.05) is 23.7 Å². The van der Waals surface area contributed by atoms with Crippen LogP contribution in [0, 0.1) is 5.82 Å². The third-order valence-electron chi connectivity index (χ3n) is 3.87. The van der Waals surface area contributed by atoms with Gasteiger partial charge in [-0.15, -0.1) is 0 Å². The van der Waals surface area contributed by atoms with E-state index in [2.05, 4.69) is 4.90 Å². The number of morpholine rings is 1. The third-order valence-corrected chi connectivity index (χ3v) is 4.29. The first kappa shape index (κ1) is 15.4. The fourth-order valence-electron chi connectivity index (χ4n) is 2.37. The van der Waals surface area contributed by atoms with E-state index in [-0.39, 0.29) is 17.2 Å². The van der Waals surface area contributed by atoms with Crippen LogP contribution >= 0.6 is 11.6 Å². The molecule has 0 radical (unpaired) electrons. The predicted molar refractivity (Wildman–Crippen MR) is 76.6 cm³/mol. The Morgan fingerprint density at radius 1 is 1.40 bits per heavy atom. The topological polar surface area (TPSA) is 29.5 Å². The molecule has 0 saturated carbocycles. The molecule has 0 amide bonds. The Hall–Kier alpha value is -0.970. The summed E-state index contributed by atoms with van der Waals surface area (Å²) in [5.41, 5.74) is -0.0580. The van der Waals surface area contributed by atoms with Crippen molar-refractivity contribution in [3.05, 3.63) is 34.6 Å². The minimum atomic E-state index is -0.598. The van der Waals surface area contributed by atoms with Crippen LogP contribution in [0.3, 0.4) is 0 Å². The van der Waals surface area contributed by atoms with E-state index in [1.807, 2.05) is 13.8 Å². The molecule has 1 aromatic carbocycles. The number of ether oxygens (including phenoxy) is 1. The average Bonchev–Trinajstić information content (AvgIpc) is 2.44. The summed E-state index contributed by atoms with van der Waals surface area (Å²) in [6, 6.07) is 4.56. The van der Waals surface area contributed by atoms with Crippen molar-refractivity contribution in [3.63, 3.8) is 0 Å². The normalized spacial score (nSPS) is 17.2. The van der Waals surface area contributed by atoms with E-state index in [0.29, 0.717) is 18.8 Å². The minimum Gasteiger partial charge on any atom is -0.379 e. The van der Waals surface area contributed by atoms with E-state index in [1.165, 1.54) is 6.07 Å². The zero-order valence-electron chi connectivity index (χ0n) is 11.8. The third kappa shape index (κ3) is 3.19. The van der Waals surface area contributed by atoms with Gasteiger partial charge in [-0.25, -0.2) is 4.39 Å².